The molecule has 2 aliphatic heterocycles. The van der Waals surface area contributed by atoms with Crippen molar-refractivity contribution in [3.05, 3.63) is 0 Å². The predicted molar refractivity (Wildman–Crippen MR) is 62.5 cm³/mol. The van der Waals surface area contributed by atoms with Crippen LogP contribution in [-0.4, -0.2) is 48.9 Å². The van der Waals surface area contributed by atoms with Gasteiger partial charge in [-0.15, -0.1) is 12.4 Å². The van der Waals surface area contributed by atoms with Crippen molar-refractivity contribution in [1.29, 1.82) is 0 Å². The van der Waals surface area contributed by atoms with Crippen molar-refractivity contribution in [3.63, 3.8) is 0 Å². The number of hydrogen-bond donors (Lipinski definition) is 2. The largest absolute Gasteiger partial charge is 0.344 e. The number of amides is 2. The van der Waals surface area contributed by atoms with Crippen molar-refractivity contribution in [1.82, 2.24) is 15.5 Å². The summed E-state index contributed by atoms with van der Waals surface area (Å²) in [5, 5.41) is 5.93. The van der Waals surface area contributed by atoms with E-state index in [9.17, 15) is 9.59 Å². The minimum absolute atomic E-state index is 0. The lowest BCUT2D eigenvalue weighted by molar-refractivity contribution is -0.132. The maximum atomic E-state index is 11.7. The number of likely N-dealkylation sites (tertiary alicyclic amines) is 1. The number of halogens is 1. The Kier molecular flexibility index (Phi) is 4.56. The monoisotopic (exact) mass is 247 g/mol. The number of nitrogens with zero attached hydrogens (tertiary/aromatic N) is 1. The molecule has 2 rings (SSSR count). The van der Waals surface area contributed by atoms with Gasteiger partial charge in [0.1, 0.15) is 6.04 Å². The van der Waals surface area contributed by atoms with Gasteiger partial charge in [-0.1, -0.05) is 0 Å². The van der Waals surface area contributed by atoms with E-state index in [-0.39, 0.29) is 36.3 Å². The fourth-order valence-electron chi connectivity index (χ4n) is 2.14. The lowest BCUT2D eigenvalue weighted by Gasteiger charge is -2.15. The zero-order valence-corrected chi connectivity index (χ0v) is 10.2. The number of carbonyl (C=O) groups excluding carboxylic acids is 2. The minimum Gasteiger partial charge on any atom is -0.344 e. The van der Waals surface area contributed by atoms with Crippen LogP contribution in [0.15, 0.2) is 0 Å². The topological polar surface area (TPSA) is 61.4 Å². The molecular weight excluding hydrogens is 230 g/mol. The Morgan fingerprint density at radius 2 is 2.25 bits per heavy atom. The summed E-state index contributed by atoms with van der Waals surface area (Å²) in [6.07, 6.45) is 2.65. The van der Waals surface area contributed by atoms with E-state index >= 15 is 0 Å². The molecule has 2 saturated heterocycles. The molecule has 0 aromatic heterocycles. The molecule has 0 aliphatic carbocycles. The number of hydrogen-bond acceptors (Lipinski definition) is 3. The molecule has 6 heteroatoms. The summed E-state index contributed by atoms with van der Waals surface area (Å²) < 4.78 is 0. The first-order chi connectivity index (χ1) is 7.18. The zero-order chi connectivity index (χ0) is 10.8. The average molecular weight is 248 g/mol. The Morgan fingerprint density at radius 1 is 1.50 bits per heavy atom. The second kappa shape index (κ2) is 5.50. The van der Waals surface area contributed by atoms with Gasteiger partial charge >= 0.3 is 0 Å². The van der Waals surface area contributed by atoms with Crippen LogP contribution in [-0.2, 0) is 9.59 Å². The molecule has 2 fully saturated rings. The molecule has 16 heavy (non-hydrogen) atoms. The Balaban J connectivity index is 0.00000128. The highest BCUT2D eigenvalue weighted by Gasteiger charge is 2.32. The first-order valence-electron chi connectivity index (χ1n) is 5.47. The quantitative estimate of drug-likeness (QED) is 0.692. The van der Waals surface area contributed by atoms with Crippen LogP contribution < -0.4 is 10.6 Å². The Morgan fingerprint density at radius 3 is 2.75 bits per heavy atom. The van der Waals surface area contributed by atoms with E-state index in [1.54, 1.807) is 11.9 Å². The summed E-state index contributed by atoms with van der Waals surface area (Å²) in [6.45, 7) is 1.64. The maximum absolute atomic E-state index is 11.7. The molecule has 5 nitrogen and oxygen atoms in total. The van der Waals surface area contributed by atoms with Gasteiger partial charge < -0.3 is 15.5 Å². The lowest BCUT2D eigenvalue weighted by Crippen LogP contribution is -2.47. The highest BCUT2D eigenvalue weighted by atomic mass is 35.5. The van der Waals surface area contributed by atoms with E-state index < -0.39 is 0 Å². The molecule has 0 aromatic carbocycles. The fourth-order valence-corrected chi connectivity index (χ4v) is 2.14. The number of nitrogens with one attached hydrogen (secondary N) is 2. The standard InChI is InChI=1S/C10H17N3O2.ClH/c1-13-6-4-8(10(13)15)12-9(14)7-3-2-5-11-7;/h7-8,11H,2-6H2,1H3,(H,12,14);1H/t7-,8?;/m0./s1. The smallest absolute Gasteiger partial charge is 0.244 e. The third-order valence-electron chi connectivity index (χ3n) is 3.12. The highest BCUT2D eigenvalue weighted by molar-refractivity contribution is 5.90. The van der Waals surface area contributed by atoms with Crippen molar-refractivity contribution < 1.29 is 9.59 Å². The summed E-state index contributed by atoms with van der Waals surface area (Å²) >= 11 is 0. The first-order valence-corrected chi connectivity index (χ1v) is 5.47. The van der Waals surface area contributed by atoms with Crippen LogP contribution >= 0.6 is 12.4 Å². The Labute approximate surface area is 101 Å². The molecule has 2 heterocycles. The molecule has 2 atom stereocenters. The molecule has 0 saturated carbocycles. The van der Waals surface area contributed by atoms with Gasteiger partial charge in [-0.25, -0.2) is 0 Å². The van der Waals surface area contributed by atoms with Gasteiger partial charge in [0.05, 0.1) is 6.04 Å². The van der Waals surface area contributed by atoms with Crippen molar-refractivity contribution in [3.8, 4) is 0 Å². The summed E-state index contributed by atoms with van der Waals surface area (Å²) in [6, 6.07) is -0.395. The van der Waals surface area contributed by atoms with Gasteiger partial charge in [0, 0.05) is 13.6 Å². The van der Waals surface area contributed by atoms with E-state index in [0.717, 1.165) is 32.4 Å². The van der Waals surface area contributed by atoms with E-state index in [2.05, 4.69) is 10.6 Å². The molecule has 1 unspecified atom stereocenters. The van der Waals surface area contributed by atoms with Crippen molar-refractivity contribution in [2.45, 2.75) is 31.3 Å². The van der Waals surface area contributed by atoms with Crippen molar-refractivity contribution >= 4 is 24.2 Å². The minimum atomic E-state index is -0.301. The lowest BCUT2D eigenvalue weighted by atomic mass is 10.2. The molecule has 2 aliphatic rings. The summed E-state index contributed by atoms with van der Waals surface area (Å²) in [4.78, 5) is 24.9. The number of carbonyl (C=O) groups is 2. The van der Waals surface area contributed by atoms with Crippen LogP contribution in [0.3, 0.4) is 0 Å². The predicted octanol–water partition coefficient (Wildman–Crippen LogP) is -0.493. The van der Waals surface area contributed by atoms with Gasteiger partial charge in [0.15, 0.2) is 0 Å². The summed E-state index contributed by atoms with van der Waals surface area (Å²) in [5.74, 6) is 0.00231. The van der Waals surface area contributed by atoms with Crippen molar-refractivity contribution in [2.24, 2.45) is 0 Å². The fraction of sp³-hybridized carbons (Fsp3) is 0.800. The Hall–Kier alpha value is -0.810. The van der Waals surface area contributed by atoms with E-state index in [1.165, 1.54) is 0 Å². The zero-order valence-electron chi connectivity index (χ0n) is 9.36. The van der Waals surface area contributed by atoms with Gasteiger partial charge in [-0.3, -0.25) is 9.59 Å². The van der Waals surface area contributed by atoms with Crippen LogP contribution in [0.5, 0.6) is 0 Å². The van der Waals surface area contributed by atoms with E-state index in [0.29, 0.717) is 0 Å². The summed E-state index contributed by atoms with van der Waals surface area (Å²) in [5.41, 5.74) is 0. The maximum Gasteiger partial charge on any atom is 0.244 e. The molecule has 92 valence electrons. The van der Waals surface area contributed by atoms with Gasteiger partial charge in [0.2, 0.25) is 11.8 Å². The van der Waals surface area contributed by atoms with Crippen LogP contribution in [0.4, 0.5) is 0 Å². The van der Waals surface area contributed by atoms with Crippen LogP contribution in [0.2, 0.25) is 0 Å². The second-order valence-corrected chi connectivity index (χ2v) is 4.26. The summed E-state index contributed by atoms with van der Waals surface area (Å²) in [7, 11) is 1.77. The third-order valence-corrected chi connectivity index (χ3v) is 3.12. The van der Waals surface area contributed by atoms with Gasteiger partial charge in [-0.2, -0.15) is 0 Å². The molecule has 0 bridgehead atoms. The molecule has 0 aromatic rings. The molecule has 0 spiro atoms. The SMILES string of the molecule is CN1CCC(NC(=O)[C@@H]2CCCN2)C1=O.Cl. The molecule has 2 N–H and O–H groups in total. The highest BCUT2D eigenvalue weighted by Crippen LogP contribution is 2.10. The van der Waals surface area contributed by atoms with Crippen LogP contribution in [0.25, 0.3) is 0 Å². The molecular formula is C10H18ClN3O2. The van der Waals surface area contributed by atoms with E-state index in [1.807, 2.05) is 0 Å². The van der Waals surface area contributed by atoms with Crippen LogP contribution in [0, 0.1) is 0 Å². The van der Waals surface area contributed by atoms with E-state index in [4.69, 9.17) is 0 Å². The van der Waals surface area contributed by atoms with Crippen LogP contribution in [0.1, 0.15) is 19.3 Å². The molecule has 0 radical (unpaired) electrons. The number of likely N-dealkylation sites (N-methyl/N-ethyl adjacent to an activating group) is 1. The number of rotatable bonds is 2. The molecule has 2 amide bonds. The third kappa shape index (κ3) is 2.65. The van der Waals surface area contributed by atoms with Gasteiger partial charge in [0.25, 0.3) is 0 Å². The van der Waals surface area contributed by atoms with Gasteiger partial charge in [-0.05, 0) is 25.8 Å². The second-order valence-electron chi connectivity index (χ2n) is 4.26. The average Bonchev–Trinajstić information content (AvgIpc) is 2.83. The van der Waals surface area contributed by atoms with Crippen molar-refractivity contribution in [2.75, 3.05) is 20.1 Å². The first kappa shape index (κ1) is 13.3. The normalized spacial score (nSPS) is 29.1. The Bertz CT molecular complexity index is 279.